The molecule has 2 aromatic rings. The standard InChI is InChI=1S/C9H7N5O/c1-7-2-3-8(4-9(7)10-6-15)14-5-11-12-13-14/h2-5H,1H3. The topological polar surface area (TPSA) is 73.0 Å². The summed E-state index contributed by atoms with van der Waals surface area (Å²) in [6, 6.07) is 5.40. The van der Waals surface area contributed by atoms with Crippen LogP contribution in [0.15, 0.2) is 29.5 Å². The molecule has 0 N–H and O–H groups in total. The number of aliphatic imine (C=N–C) groups is 1. The van der Waals surface area contributed by atoms with Crippen LogP contribution in [-0.2, 0) is 4.79 Å². The Labute approximate surface area is 85.3 Å². The molecule has 74 valence electrons. The zero-order chi connectivity index (χ0) is 10.7. The fourth-order valence-electron chi connectivity index (χ4n) is 1.19. The predicted octanol–water partition coefficient (Wildman–Crippen LogP) is 0.938. The summed E-state index contributed by atoms with van der Waals surface area (Å²) < 4.78 is 1.49. The third-order valence-electron chi connectivity index (χ3n) is 1.97. The van der Waals surface area contributed by atoms with Gasteiger partial charge in [0.25, 0.3) is 0 Å². The first-order valence-electron chi connectivity index (χ1n) is 4.23. The van der Waals surface area contributed by atoms with Crippen LogP contribution in [-0.4, -0.2) is 26.3 Å². The first-order valence-corrected chi connectivity index (χ1v) is 4.23. The molecule has 6 heteroatoms. The fourth-order valence-corrected chi connectivity index (χ4v) is 1.19. The molecule has 1 aromatic carbocycles. The number of nitrogens with zero attached hydrogens (tertiary/aromatic N) is 5. The van der Waals surface area contributed by atoms with Crippen molar-refractivity contribution in [1.82, 2.24) is 20.2 Å². The van der Waals surface area contributed by atoms with Crippen molar-refractivity contribution in [2.24, 2.45) is 4.99 Å². The third kappa shape index (κ3) is 1.79. The molecule has 0 aliphatic carbocycles. The van der Waals surface area contributed by atoms with E-state index in [0.717, 1.165) is 11.3 Å². The van der Waals surface area contributed by atoms with E-state index in [1.54, 1.807) is 6.07 Å². The maximum atomic E-state index is 10.2. The lowest BCUT2D eigenvalue weighted by molar-refractivity contribution is 0.565. The van der Waals surface area contributed by atoms with Gasteiger partial charge in [0.2, 0.25) is 6.08 Å². The zero-order valence-electron chi connectivity index (χ0n) is 7.95. The van der Waals surface area contributed by atoms with E-state index in [2.05, 4.69) is 20.5 Å². The molecule has 15 heavy (non-hydrogen) atoms. The van der Waals surface area contributed by atoms with E-state index in [1.807, 2.05) is 19.1 Å². The number of aryl methyl sites for hydroxylation is 1. The Bertz CT molecular complexity index is 513. The number of hydrogen-bond acceptors (Lipinski definition) is 5. The van der Waals surface area contributed by atoms with Crippen LogP contribution in [0.4, 0.5) is 5.69 Å². The molecule has 0 amide bonds. The summed E-state index contributed by atoms with van der Waals surface area (Å²) in [7, 11) is 0. The number of aromatic nitrogens is 4. The van der Waals surface area contributed by atoms with Gasteiger partial charge in [-0.25, -0.2) is 9.48 Å². The molecule has 6 nitrogen and oxygen atoms in total. The second-order valence-corrected chi connectivity index (χ2v) is 2.93. The van der Waals surface area contributed by atoms with E-state index < -0.39 is 0 Å². The molecule has 0 aliphatic rings. The molecule has 0 saturated carbocycles. The van der Waals surface area contributed by atoms with Crippen LogP contribution in [0.25, 0.3) is 5.69 Å². The molecular weight excluding hydrogens is 194 g/mol. The summed E-state index contributed by atoms with van der Waals surface area (Å²) in [4.78, 5) is 13.8. The van der Waals surface area contributed by atoms with Gasteiger partial charge in [-0.15, -0.1) is 5.10 Å². The molecule has 0 spiro atoms. The van der Waals surface area contributed by atoms with Crippen molar-refractivity contribution in [3.05, 3.63) is 30.1 Å². The Morgan fingerprint density at radius 2 is 2.33 bits per heavy atom. The molecule has 0 saturated heterocycles. The number of benzene rings is 1. The van der Waals surface area contributed by atoms with E-state index in [-0.39, 0.29) is 0 Å². The van der Waals surface area contributed by atoms with Gasteiger partial charge in [0.1, 0.15) is 6.33 Å². The van der Waals surface area contributed by atoms with Gasteiger partial charge in [-0.05, 0) is 35.0 Å². The minimum Gasteiger partial charge on any atom is -0.211 e. The highest BCUT2D eigenvalue weighted by Gasteiger charge is 2.01. The summed E-state index contributed by atoms with van der Waals surface area (Å²) >= 11 is 0. The highest BCUT2D eigenvalue weighted by Crippen LogP contribution is 2.20. The van der Waals surface area contributed by atoms with Crippen LogP contribution in [0.1, 0.15) is 5.56 Å². The number of hydrogen-bond donors (Lipinski definition) is 0. The van der Waals surface area contributed by atoms with Crippen LogP contribution < -0.4 is 0 Å². The summed E-state index contributed by atoms with van der Waals surface area (Å²) in [6.45, 7) is 1.86. The summed E-state index contributed by atoms with van der Waals surface area (Å²) in [5.41, 5.74) is 2.22. The minimum atomic E-state index is 0.568. The quantitative estimate of drug-likeness (QED) is 0.535. The van der Waals surface area contributed by atoms with Crippen LogP contribution >= 0.6 is 0 Å². The lowest BCUT2D eigenvalue weighted by atomic mass is 10.2. The van der Waals surface area contributed by atoms with E-state index in [9.17, 15) is 4.79 Å². The summed E-state index contributed by atoms with van der Waals surface area (Å²) in [5.74, 6) is 0. The van der Waals surface area contributed by atoms with Crippen LogP contribution in [0.3, 0.4) is 0 Å². The Balaban J connectivity index is 2.52. The SMILES string of the molecule is Cc1ccc(-n2cnnn2)cc1N=C=O. The van der Waals surface area contributed by atoms with Crippen molar-refractivity contribution in [2.75, 3.05) is 0 Å². The molecule has 1 aromatic heterocycles. The van der Waals surface area contributed by atoms with Gasteiger partial charge in [0, 0.05) is 0 Å². The van der Waals surface area contributed by atoms with Crippen molar-refractivity contribution in [1.29, 1.82) is 0 Å². The number of carbonyl (C=O) groups excluding carboxylic acids is 1. The minimum absolute atomic E-state index is 0.568. The summed E-state index contributed by atoms with van der Waals surface area (Å²) in [6.07, 6.45) is 2.98. The van der Waals surface area contributed by atoms with Crippen molar-refractivity contribution in [3.63, 3.8) is 0 Å². The molecule has 0 aliphatic heterocycles. The maximum absolute atomic E-state index is 10.2. The first-order chi connectivity index (χ1) is 7.31. The Hall–Kier alpha value is -2.33. The van der Waals surface area contributed by atoms with Gasteiger partial charge in [-0.1, -0.05) is 6.07 Å². The molecule has 0 fully saturated rings. The van der Waals surface area contributed by atoms with Crippen LogP contribution in [0.5, 0.6) is 0 Å². The molecule has 0 bridgehead atoms. The van der Waals surface area contributed by atoms with Crippen molar-refractivity contribution in [2.45, 2.75) is 6.92 Å². The smallest absolute Gasteiger partial charge is 0.211 e. The number of tetrazole rings is 1. The first kappa shape index (κ1) is 9.23. The molecular formula is C9H7N5O. The second kappa shape index (κ2) is 3.81. The monoisotopic (exact) mass is 201 g/mol. The average molecular weight is 201 g/mol. The van der Waals surface area contributed by atoms with Gasteiger partial charge >= 0.3 is 0 Å². The molecule has 0 radical (unpaired) electrons. The second-order valence-electron chi connectivity index (χ2n) is 2.93. The Morgan fingerprint density at radius 3 is 3.00 bits per heavy atom. The molecule has 2 rings (SSSR count). The van der Waals surface area contributed by atoms with Gasteiger partial charge in [-0.2, -0.15) is 4.99 Å². The Morgan fingerprint density at radius 1 is 1.47 bits per heavy atom. The lowest BCUT2D eigenvalue weighted by Gasteiger charge is -2.02. The highest BCUT2D eigenvalue weighted by atomic mass is 16.1. The number of isocyanates is 1. The number of rotatable bonds is 2. The molecule has 0 unspecified atom stereocenters. The van der Waals surface area contributed by atoms with Crippen molar-refractivity contribution in [3.8, 4) is 5.69 Å². The maximum Gasteiger partial charge on any atom is 0.240 e. The fraction of sp³-hybridized carbons (Fsp3) is 0.111. The predicted molar refractivity (Wildman–Crippen MR) is 51.7 cm³/mol. The molecule has 0 atom stereocenters. The highest BCUT2D eigenvalue weighted by molar-refractivity contribution is 5.57. The van der Waals surface area contributed by atoms with E-state index in [1.165, 1.54) is 17.1 Å². The van der Waals surface area contributed by atoms with Gasteiger partial charge in [0.15, 0.2) is 0 Å². The van der Waals surface area contributed by atoms with Gasteiger partial charge in [-0.3, -0.25) is 0 Å². The summed E-state index contributed by atoms with van der Waals surface area (Å²) in [5, 5.41) is 10.8. The average Bonchev–Trinajstić information content (AvgIpc) is 2.75. The molecule has 1 heterocycles. The Kier molecular flexibility index (Phi) is 2.35. The normalized spacial score (nSPS) is 9.67. The van der Waals surface area contributed by atoms with Crippen LogP contribution in [0.2, 0.25) is 0 Å². The van der Waals surface area contributed by atoms with E-state index in [4.69, 9.17) is 0 Å². The van der Waals surface area contributed by atoms with E-state index >= 15 is 0 Å². The van der Waals surface area contributed by atoms with Gasteiger partial charge < -0.3 is 0 Å². The van der Waals surface area contributed by atoms with Gasteiger partial charge in [0.05, 0.1) is 11.4 Å². The van der Waals surface area contributed by atoms with Crippen LogP contribution in [0, 0.1) is 6.92 Å². The van der Waals surface area contributed by atoms with Crippen molar-refractivity contribution < 1.29 is 4.79 Å². The van der Waals surface area contributed by atoms with E-state index in [0.29, 0.717) is 5.69 Å². The third-order valence-corrected chi connectivity index (χ3v) is 1.97. The largest absolute Gasteiger partial charge is 0.240 e. The lowest BCUT2D eigenvalue weighted by Crippen LogP contribution is -1.94. The zero-order valence-corrected chi connectivity index (χ0v) is 7.95. The van der Waals surface area contributed by atoms with Crippen molar-refractivity contribution >= 4 is 11.8 Å².